The highest BCUT2D eigenvalue weighted by molar-refractivity contribution is 6.19. The van der Waals surface area contributed by atoms with Crippen LogP contribution >= 0.6 is 11.6 Å². The Kier molecular flexibility index (Phi) is 4.60. The fourth-order valence-electron chi connectivity index (χ4n) is 0.348. The van der Waals surface area contributed by atoms with E-state index in [0.717, 1.165) is 0 Å². The summed E-state index contributed by atoms with van der Waals surface area (Å²) in [6, 6.07) is 0.503. The van der Waals surface area contributed by atoms with Gasteiger partial charge >= 0.3 is 0 Å². The third-order valence-corrected chi connectivity index (χ3v) is 1.30. The van der Waals surface area contributed by atoms with Gasteiger partial charge in [-0.1, -0.05) is 0 Å². The minimum absolute atomic E-state index is 0.503. The van der Waals surface area contributed by atoms with Crippen LogP contribution in [0.1, 0.15) is 20.8 Å². The van der Waals surface area contributed by atoms with Crippen molar-refractivity contribution in [3.05, 3.63) is 11.8 Å². The average molecular weight is 148 g/mol. The van der Waals surface area contributed by atoms with Gasteiger partial charge in [-0.3, -0.25) is 0 Å². The second-order valence-corrected chi connectivity index (χ2v) is 2.71. The van der Waals surface area contributed by atoms with Gasteiger partial charge in [0.2, 0.25) is 0 Å². The second-order valence-electron chi connectivity index (χ2n) is 2.45. The molecule has 1 nitrogen and oxygen atoms in total. The van der Waals surface area contributed by atoms with Gasteiger partial charge in [-0.25, -0.2) is 0 Å². The summed E-state index contributed by atoms with van der Waals surface area (Å²) in [6.07, 6.45) is 1.96. The Hall–Kier alpha value is -0.170. The van der Waals surface area contributed by atoms with Crippen molar-refractivity contribution in [1.29, 1.82) is 0 Å². The Morgan fingerprint density at radius 2 is 2.22 bits per heavy atom. The summed E-state index contributed by atoms with van der Waals surface area (Å²) in [7, 11) is 0. The Balaban J connectivity index is 3.43. The van der Waals surface area contributed by atoms with Crippen LogP contribution in [0.2, 0.25) is 0 Å². The van der Waals surface area contributed by atoms with Crippen LogP contribution < -0.4 is 5.32 Å². The number of nitrogens with one attached hydrogen (secondary N) is 1. The van der Waals surface area contributed by atoms with Crippen molar-refractivity contribution in [1.82, 2.24) is 5.32 Å². The SMILES string of the molecule is C/C(=C/NC(C)C)CCl. The number of allylic oxidation sites excluding steroid dienone is 1. The minimum Gasteiger partial charge on any atom is -0.389 e. The molecule has 0 saturated heterocycles. The Bertz CT molecular complexity index is 97.1. The number of hydrogen-bond donors (Lipinski definition) is 1. The monoisotopic (exact) mass is 147 g/mol. The molecular formula is C7H14ClN. The molecule has 0 aromatic carbocycles. The molecule has 0 rings (SSSR count). The number of rotatable bonds is 3. The van der Waals surface area contributed by atoms with E-state index < -0.39 is 0 Å². The third-order valence-electron chi connectivity index (χ3n) is 0.874. The first-order valence-electron chi connectivity index (χ1n) is 3.14. The predicted octanol–water partition coefficient (Wildman–Crippen LogP) is 2.13. The van der Waals surface area contributed by atoms with Gasteiger partial charge in [0.1, 0.15) is 0 Å². The first-order chi connectivity index (χ1) is 4.16. The van der Waals surface area contributed by atoms with Crippen LogP contribution in [0, 0.1) is 0 Å². The maximum Gasteiger partial charge on any atom is 0.0447 e. The first-order valence-corrected chi connectivity index (χ1v) is 3.68. The van der Waals surface area contributed by atoms with E-state index >= 15 is 0 Å². The van der Waals surface area contributed by atoms with Crippen molar-refractivity contribution in [2.75, 3.05) is 5.88 Å². The molecule has 0 fully saturated rings. The van der Waals surface area contributed by atoms with Crippen molar-refractivity contribution in [2.45, 2.75) is 26.8 Å². The molecular weight excluding hydrogens is 134 g/mol. The van der Waals surface area contributed by atoms with Crippen molar-refractivity contribution < 1.29 is 0 Å². The number of halogens is 1. The van der Waals surface area contributed by atoms with Crippen molar-refractivity contribution in [3.8, 4) is 0 Å². The van der Waals surface area contributed by atoms with E-state index in [4.69, 9.17) is 11.6 Å². The highest BCUT2D eigenvalue weighted by Gasteiger charge is 1.86. The van der Waals surface area contributed by atoms with Crippen LogP contribution in [-0.2, 0) is 0 Å². The molecule has 0 amide bonds. The normalized spacial score (nSPS) is 12.3. The lowest BCUT2D eigenvalue weighted by molar-refractivity contribution is 0.698. The topological polar surface area (TPSA) is 12.0 Å². The summed E-state index contributed by atoms with van der Waals surface area (Å²) in [6.45, 7) is 6.19. The molecule has 0 aromatic heterocycles. The Morgan fingerprint density at radius 1 is 1.67 bits per heavy atom. The van der Waals surface area contributed by atoms with E-state index in [9.17, 15) is 0 Å². The maximum absolute atomic E-state index is 5.53. The van der Waals surface area contributed by atoms with Gasteiger partial charge in [-0.05, 0) is 32.5 Å². The molecule has 2 heteroatoms. The molecule has 54 valence electrons. The zero-order valence-corrected chi connectivity index (χ0v) is 7.00. The summed E-state index contributed by atoms with van der Waals surface area (Å²) >= 11 is 5.53. The largest absolute Gasteiger partial charge is 0.389 e. The van der Waals surface area contributed by atoms with Gasteiger partial charge in [0.25, 0.3) is 0 Å². The molecule has 0 aliphatic heterocycles. The number of alkyl halides is 1. The zero-order chi connectivity index (χ0) is 7.28. The lowest BCUT2D eigenvalue weighted by atomic mass is 10.3. The lowest BCUT2D eigenvalue weighted by Gasteiger charge is -2.03. The Morgan fingerprint density at radius 3 is 2.56 bits per heavy atom. The average Bonchev–Trinajstić information content (AvgIpc) is 1.83. The molecule has 0 heterocycles. The van der Waals surface area contributed by atoms with Crippen LogP contribution in [0.25, 0.3) is 0 Å². The number of hydrogen-bond acceptors (Lipinski definition) is 1. The lowest BCUT2D eigenvalue weighted by Crippen LogP contribution is -2.16. The molecule has 0 aromatic rings. The molecule has 0 atom stereocenters. The van der Waals surface area contributed by atoms with Crippen LogP contribution in [0.4, 0.5) is 0 Å². The molecule has 0 aliphatic rings. The van der Waals surface area contributed by atoms with Gasteiger partial charge in [-0.15, -0.1) is 11.6 Å². The fraction of sp³-hybridized carbons (Fsp3) is 0.714. The predicted molar refractivity (Wildman–Crippen MR) is 42.7 cm³/mol. The van der Waals surface area contributed by atoms with E-state index in [1.165, 1.54) is 5.57 Å². The van der Waals surface area contributed by atoms with Gasteiger partial charge < -0.3 is 5.32 Å². The van der Waals surface area contributed by atoms with Crippen LogP contribution in [0.15, 0.2) is 11.8 Å². The van der Waals surface area contributed by atoms with E-state index in [-0.39, 0.29) is 0 Å². The molecule has 9 heavy (non-hydrogen) atoms. The Labute approximate surface area is 62.1 Å². The minimum atomic E-state index is 0.503. The molecule has 0 unspecified atom stereocenters. The smallest absolute Gasteiger partial charge is 0.0447 e. The molecule has 0 radical (unpaired) electrons. The van der Waals surface area contributed by atoms with E-state index in [0.29, 0.717) is 11.9 Å². The van der Waals surface area contributed by atoms with Gasteiger partial charge in [0.15, 0.2) is 0 Å². The first kappa shape index (κ1) is 8.83. The summed E-state index contributed by atoms with van der Waals surface area (Å²) in [5.74, 6) is 0.611. The third kappa shape index (κ3) is 5.71. The van der Waals surface area contributed by atoms with Gasteiger partial charge in [0, 0.05) is 11.9 Å². The van der Waals surface area contributed by atoms with E-state index in [2.05, 4.69) is 19.2 Å². The zero-order valence-electron chi connectivity index (χ0n) is 6.24. The summed E-state index contributed by atoms with van der Waals surface area (Å²) < 4.78 is 0. The molecule has 0 saturated carbocycles. The summed E-state index contributed by atoms with van der Waals surface area (Å²) in [5.41, 5.74) is 1.17. The van der Waals surface area contributed by atoms with Crippen molar-refractivity contribution in [3.63, 3.8) is 0 Å². The van der Waals surface area contributed by atoms with E-state index in [1.807, 2.05) is 13.1 Å². The summed E-state index contributed by atoms with van der Waals surface area (Å²) in [5, 5.41) is 3.15. The van der Waals surface area contributed by atoms with Crippen LogP contribution in [0.3, 0.4) is 0 Å². The van der Waals surface area contributed by atoms with Gasteiger partial charge in [-0.2, -0.15) is 0 Å². The molecule has 0 aliphatic carbocycles. The fourth-order valence-corrected chi connectivity index (χ4v) is 0.425. The quantitative estimate of drug-likeness (QED) is 0.604. The highest BCUT2D eigenvalue weighted by Crippen LogP contribution is 1.92. The van der Waals surface area contributed by atoms with Crippen molar-refractivity contribution >= 4 is 11.6 Å². The highest BCUT2D eigenvalue weighted by atomic mass is 35.5. The molecule has 0 bridgehead atoms. The van der Waals surface area contributed by atoms with E-state index in [1.54, 1.807) is 0 Å². The van der Waals surface area contributed by atoms with Crippen molar-refractivity contribution in [2.24, 2.45) is 0 Å². The second kappa shape index (κ2) is 4.68. The van der Waals surface area contributed by atoms with Gasteiger partial charge in [0.05, 0.1) is 0 Å². The van der Waals surface area contributed by atoms with Crippen LogP contribution in [-0.4, -0.2) is 11.9 Å². The molecule has 0 spiro atoms. The molecule has 1 N–H and O–H groups in total. The van der Waals surface area contributed by atoms with Crippen LogP contribution in [0.5, 0.6) is 0 Å². The summed E-state index contributed by atoms with van der Waals surface area (Å²) in [4.78, 5) is 0. The standard InChI is InChI=1S/C7H14ClN/c1-6(2)9-5-7(3)4-8/h5-6,9H,4H2,1-3H3/b7-5-. The maximum atomic E-state index is 5.53.